The van der Waals surface area contributed by atoms with E-state index in [1.54, 1.807) is 6.07 Å². The van der Waals surface area contributed by atoms with Gasteiger partial charge in [0.1, 0.15) is 16.5 Å². The number of Topliss-reactive ketones (excluding diaryl/α,β-unsaturated/α-hetero) is 1. The maximum atomic E-state index is 13.7. The van der Waals surface area contributed by atoms with Gasteiger partial charge in [0.05, 0.1) is 36.0 Å². The van der Waals surface area contributed by atoms with Crippen LogP contribution in [-0.2, 0) is 23.9 Å². The van der Waals surface area contributed by atoms with E-state index in [9.17, 15) is 27.9 Å². The standard InChI is InChI=1S/C30H34F3N5O3S/c1-3-21-5-4-10-38(21)17-25-28(20-7-6-18(2)22(13-20)30(31,32)33)36-27(42-25)14-24(39)23-15-35-26(16-34-23)37-11-8-19(9-12-37)29(40)41/h6-7,13,15-16,19,21H,3-5,8-12,14,17H2,1-2H3,(H,40,41). The second-order valence-electron chi connectivity index (χ2n) is 11.0. The van der Waals surface area contributed by atoms with Crippen molar-refractivity contribution in [2.24, 2.45) is 5.92 Å². The molecule has 0 aliphatic carbocycles. The minimum atomic E-state index is -4.48. The molecule has 42 heavy (non-hydrogen) atoms. The second kappa shape index (κ2) is 12.5. The van der Waals surface area contributed by atoms with Gasteiger partial charge in [-0.1, -0.05) is 19.1 Å². The zero-order chi connectivity index (χ0) is 30.0. The summed E-state index contributed by atoms with van der Waals surface area (Å²) in [6.45, 7) is 6.17. The molecule has 4 heterocycles. The molecule has 8 nitrogen and oxygen atoms in total. The Kier molecular flexibility index (Phi) is 8.93. The number of carbonyl (C=O) groups excluding carboxylic acids is 1. The van der Waals surface area contributed by atoms with Crippen LogP contribution in [0.4, 0.5) is 19.0 Å². The lowest BCUT2D eigenvalue weighted by atomic mass is 9.97. The Morgan fingerprint density at radius 3 is 2.50 bits per heavy atom. The largest absolute Gasteiger partial charge is 0.481 e. The molecule has 0 spiro atoms. The topological polar surface area (TPSA) is 99.5 Å². The number of benzene rings is 1. The van der Waals surface area contributed by atoms with Crippen molar-refractivity contribution in [3.8, 4) is 11.3 Å². The van der Waals surface area contributed by atoms with Crippen LogP contribution >= 0.6 is 11.3 Å². The minimum absolute atomic E-state index is 0.0368. The van der Waals surface area contributed by atoms with Crippen LogP contribution in [0.1, 0.15) is 70.5 Å². The number of thiazole rings is 1. The van der Waals surface area contributed by atoms with Gasteiger partial charge in [-0.2, -0.15) is 13.2 Å². The molecule has 12 heteroatoms. The Morgan fingerprint density at radius 2 is 1.86 bits per heavy atom. The highest BCUT2D eigenvalue weighted by atomic mass is 32.1. The van der Waals surface area contributed by atoms with Crippen molar-refractivity contribution < 1.29 is 27.9 Å². The van der Waals surface area contributed by atoms with Crippen LogP contribution in [0.2, 0.25) is 0 Å². The summed E-state index contributed by atoms with van der Waals surface area (Å²) in [6.07, 6.45) is 2.63. The number of likely N-dealkylation sites (tertiary alicyclic amines) is 1. The van der Waals surface area contributed by atoms with Gasteiger partial charge in [-0.05, 0) is 57.2 Å². The molecule has 1 unspecified atom stereocenters. The first-order chi connectivity index (χ1) is 20.0. The average molecular weight is 602 g/mol. The van der Waals surface area contributed by atoms with Gasteiger partial charge in [-0.25, -0.2) is 15.0 Å². The third-order valence-corrected chi connectivity index (χ3v) is 9.32. The Bertz CT molecular complexity index is 1430. The number of aliphatic carboxylic acids is 1. The Hall–Kier alpha value is -3.38. The highest BCUT2D eigenvalue weighted by Crippen LogP contribution is 2.38. The van der Waals surface area contributed by atoms with Gasteiger partial charge in [0.15, 0.2) is 5.78 Å². The van der Waals surface area contributed by atoms with E-state index < -0.39 is 17.7 Å². The summed E-state index contributed by atoms with van der Waals surface area (Å²) in [5, 5.41) is 9.73. The van der Waals surface area contributed by atoms with Crippen LogP contribution in [0.25, 0.3) is 11.3 Å². The van der Waals surface area contributed by atoms with Gasteiger partial charge in [0.25, 0.3) is 0 Å². The number of ketones is 1. The van der Waals surface area contributed by atoms with Gasteiger partial charge in [0, 0.05) is 36.1 Å². The van der Waals surface area contributed by atoms with Gasteiger partial charge >= 0.3 is 12.1 Å². The van der Waals surface area contributed by atoms with Crippen LogP contribution in [0.5, 0.6) is 0 Å². The van der Waals surface area contributed by atoms with Crippen molar-refractivity contribution >= 4 is 28.9 Å². The number of aryl methyl sites for hydroxylation is 1. The molecule has 224 valence electrons. The number of halogens is 3. The van der Waals surface area contributed by atoms with Gasteiger partial charge in [0.2, 0.25) is 0 Å². The smallest absolute Gasteiger partial charge is 0.416 e. The molecule has 2 saturated heterocycles. The van der Waals surface area contributed by atoms with Gasteiger partial charge in [-0.15, -0.1) is 11.3 Å². The van der Waals surface area contributed by atoms with E-state index in [1.165, 1.54) is 36.7 Å². The monoisotopic (exact) mass is 601 g/mol. The normalized spacial score (nSPS) is 18.5. The summed E-state index contributed by atoms with van der Waals surface area (Å²) >= 11 is 1.36. The lowest BCUT2D eigenvalue weighted by molar-refractivity contribution is -0.142. The van der Waals surface area contributed by atoms with Gasteiger partial charge < -0.3 is 10.0 Å². The first-order valence-corrected chi connectivity index (χ1v) is 15.1. The van der Waals surface area contributed by atoms with E-state index in [2.05, 4.69) is 21.8 Å². The fourth-order valence-corrected chi connectivity index (χ4v) is 6.96. The predicted molar refractivity (Wildman–Crippen MR) is 154 cm³/mol. The molecule has 3 aromatic rings. The number of piperidine rings is 1. The van der Waals surface area contributed by atoms with Crippen LogP contribution in [0, 0.1) is 12.8 Å². The van der Waals surface area contributed by atoms with Gasteiger partial charge in [-0.3, -0.25) is 14.5 Å². The molecule has 1 aromatic carbocycles. The Morgan fingerprint density at radius 1 is 1.10 bits per heavy atom. The molecule has 0 bridgehead atoms. The molecular formula is C30H34F3N5O3S. The van der Waals surface area contributed by atoms with Crippen molar-refractivity contribution in [1.82, 2.24) is 19.9 Å². The lowest BCUT2D eigenvalue weighted by Crippen LogP contribution is -2.36. The van der Waals surface area contributed by atoms with Crippen molar-refractivity contribution in [3.63, 3.8) is 0 Å². The lowest BCUT2D eigenvalue weighted by Gasteiger charge is -2.30. The molecule has 5 rings (SSSR count). The molecule has 0 radical (unpaired) electrons. The Labute approximate surface area is 246 Å². The number of anilines is 1. The van der Waals surface area contributed by atoms with E-state index in [0.29, 0.717) is 60.6 Å². The fourth-order valence-electron chi connectivity index (χ4n) is 5.85. The summed E-state index contributed by atoms with van der Waals surface area (Å²) in [7, 11) is 0. The molecule has 2 fully saturated rings. The van der Waals surface area contributed by atoms with Crippen LogP contribution < -0.4 is 4.90 Å². The maximum absolute atomic E-state index is 13.7. The summed E-state index contributed by atoms with van der Waals surface area (Å²) in [6, 6.07) is 4.71. The third-order valence-electron chi connectivity index (χ3n) is 8.28. The molecule has 1 N–H and O–H groups in total. The number of alkyl halides is 3. The number of aromatic nitrogens is 3. The van der Waals surface area contributed by atoms with Crippen molar-refractivity contribution in [1.29, 1.82) is 0 Å². The zero-order valence-electron chi connectivity index (χ0n) is 23.7. The first kappa shape index (κ1) is 30.1. The van der Waals surface area contributed by atoms with E-state index in [4.69, 9.17) is 4.98 Å². The first-order valence-electron chi connectivity index (χ1n) is 14.3. The van der Waals surface area contributed by atoms with Crippen molar-refractivity contribution in [3.05, 3.63) is 57.3 Å². The van der Waals surface area contributed by atoms with Crippen LogP contribution in [0.15, 0.2) is 30.6 Å². The van der Waals surface area contributed by atoms with Crippen molar-refractivity contribution in [2.75, 3.05) is 24.5 Å². The number of nitrogens with zero attached hydrogens (tertiary/aromatic N) is 5. The van der Waals surface area contributed by atoms with E-state index in [-0.39, 0.29) is 29.4 Å². The predicted octanol–water partition coefficient (Wildman–Crippen LogP) is 6.03. The molecule has 1 atom stereocenters. The molecule has 2 aromatic heterocycles. The molecule has 2 aliphatic heterocycles. The Balaban J connectivity index is 1.36. The molecule has 0 saturated carbocycles. The third kappa shape index (κ3) is 6.64. The molecular weight excluding hydrogens is 567 g/mol. The summed E-state index contributed by atoms with van der Waals surface area (Å²) in [4.78, 5) is 43.0. The number of carboxylic acid groups (broad SMARTS) is 1. The van der Waals surface area contributed by atoms with E-state index >= 15 is 0 Å². The highest BCUT2D eigenvalue weighted by Gasteiger charge is 2.33. The molecule has 2 aliphatic rings. The number of hydrogen-bond acceptors (Lipinski definition) is 8. The second-order valence-corrected chi connectivity index (χ2v) is 12.2. The fraction of sp³-hybridized carbons (Fsp3) is 0.500. The maximum Gasteiger partial charge on any atom is 0.416 e. The SMILES string of the molecule is CCC1CCCN1Cc1sc(CC(=O)c2cnc(N3CCC(C(=O)O)CC3)cn2)nc1-c1ccc(C)c(C(F)(F)F)c1. The number of carbonyl (C=O) groups is 2. The quantitative estimate of drug-likeness (QED) is 0.297. The summed E-state index contributed by atoms with van der Waals surface area (Å²) in [5.74, 6) is -0.839. The molecule has 0 amide bonds. The number of hydrogen-bond donors (Lipinski definition) is 1. The average Bonchev–Trinajstić information content (AvgIpc) is 3.59. The minimum Gasteiger partial charge on any atom is -0.481 e. The van der Waals surface area contributed by atoms with E-state index in [0.717, 1.165) is 36.8 Å². The zero-order valence-corrected chi connectivity index (χ0v) is 24.5. The number of carboxylic acids is 1. The van der Waals surface area contributed by atoms with E-state index in [1.807, 2.05) is 4.90 Å². The highest BCUT2D eigenvalue weighted by molar-refractivity contribution is 7.12. The van der Waals surface area contributed by atoms with Crippen molar-refractivity contribution in [2.45, 2.75) is 71.1 Å². The van der Waals surface area contributed by atoms with Crippen LogP contribution in [0.3, 0.4) is 0 Å². The summed E-state index contributed by atoms with van der Waals surface area (Å²) in [5.41, 5.74) is 0.518. The summed E-state index contributed by atoms with van der Waals surface area (Å²) < 4.78 is 41.2. The number of rotatable bonds is 9. The van der Waals surface area contributed by atoms with Crippen LogP contribution in [-0.4, -0.2) is 62.4 Å².